The van der Waals surface area contributed by atoms with Crippen molar-refractivity contribution in [2.45, 2.75) is 153 Å². The number of esters is 1. The summed E-state index contributed by atoms with van der Waals surface area (Å²) >= 11 is 0. The number of aliphatic hydroxyl groups is 4. The fraction of sp³-hybridized carbons (Fsp3) is 0.718. The fourth-order valence-corrected chi connectivity index (χ4v) is 5.22. The summed E-state index contributed by atoms with van der Waals surface area (Å²) in [6, 6.07) is 0. The van der Waals surface area contributed by atoms with Gasteiger partial charge in [-0.25, -0.2) is 0 Å². The summed E-state index contributed by atoms with van der Waals surface area (Å²) in [5, 5.41) is 39.2. The van der Waals surface area contributed by atoms with Crippen LogP contribution in [0, 0.1) is 0 Å². The lowest BCUT2D eigenvalue weighted by Gasteiger charge is -2.39. The maximum Gasteiger partial charge on any atom is 0.303 e. The van der Waals surface area contributed by atoms with Gasteiger partial charge in [0.25, 0.3) is 0 Å². The predicted octanol–water partition coefficient (Wildman–Crippen LogP) is 6.79. The third-order valence-corrected chi connectivity index (χ3v) is 8.00. The van der Waals surface area contributed by atoms with E-state index in [0.717, 1.165) is 44.9 Å². The van der Waals surface area contributed by atoms with Crippen LogP contribution in [-0.4, -0.2) is 89.6 Å². The molecule has 0 aromatic heterocycles. The smallest absolute Gasteiger partial charge is 0.303 e. The van der Waals surface area contributed by atoms with Gasteiger partial charge in [-0.05, 0) is 51.4 Å². The molecule has 9 nitrogen and oxygen atoms in total. The maximum absolute atomic E-state index is 11.5. The highest BCUT2D eigenvalue weighted by atomic mass is 16.7. The number of carbonyl (C=O) groups excluding carboxylic acids is 1. The summed E-state index contributed by atoms with van der Waals surface area (Å²) in [6.45, 7) is 3.42. The minimum Gasteiger partial charge on any atom is -0.458 e. The Bertz CT molecular complexity index is 911. The highest BCUT2D eigenvalue weighted by Crippen LogP contribution is 2.22. The first-order valence-corrected chi connectivity index (χ1v) is 18.3. The number of hydrogen-bond donors (Lipinski definition) is 4. The predicted molar refractivity (Wildman–Crippen MR) is 191 cm³/mol. The Morgan fingerprint density at radius 1 is 0.667 bits per heavy atom. The molecule has 6 unspecified atom stereocenters. The van der Waals surface area contributed by atoms with E-state index in [1.165, 1.54) is 64.7 Å². The number of unbranched alkanes of at least 4 members (excludes halogenated alkanes) is 10. The SMILES string of the molecule is CC/C=C\C/C=C\C/C=C\C/C=C\C/C=C\CCCCCCCCCCCCOCC(COC1OC(CO)C(O)C(O)C1O)OC(C)=O. The van der Waals surface area contributed by atoms with Gasteiger partial charge in [-0.2, -0.15) is 0 Å². The zero-order valence-electron chi connectivity index (χ0n) is 29.7. The van der Waals surface area contributed by atoms with E-state index in [0.29, 0.717) is 6.61 Å². The number of aliphatic hydroxyl groups excluding tert-OH is 4. The monoisotopic (exact) mass is 678 g/mol. The van der Waals surface area contributed by atoms with Crippen LogP contribution in [0.2, 0.25) is 0 Å². The Hall–Kier alpha value is -2.11. The van der Waals surface area contributed by atoms with Gasteiger partial charge in [0.2, 0.25) is 0 Å². The fourth-order valence-electron chi connectivity index (χ4n) is 5.22. The maximum atomic E-state index is 11.5. The Balaban J connectivity index is 1.96. The second-order valence-electron chi connectivity index (χ2n) is 12.4. The Kier molecular flexibility index (Phi) is 28.3. The van der Waals surface area contributed by atoms with Crippen molar-refractivity contribution < 1.29 is 44.2 Å². The van der Waals surface area contributed by atoms with Crippen molar-refractivity contribution in [1.82, 2.24) is 0 Å². The minimum atomic E-state index is -1.53. The van der Waals surface area contributed by atoms with Crippen LogP contribution in [0.3, 0.4) is 0 Å². The quantitative estimate of drug-likeness (QED) is 0.0383. The van der Waals surface area contributed by atoms with Crippen molar-refractivity contribution in [3.05, 3.63) is 60.8 Å². The lowest BCUT2D eigenvalue weighted by atomic mass is 9.99. The molecule has 1 aliphatic rings. The molecule has 0 spiro atoms. The van der Waals surface area contributed by atoms with E-state index in [1.54, 1.807) is 0 Å². The standard InChI is InChI=1S/C39H66O9/c1-3-4-5-6-7-8-9-10-11-12-13-14-15-16-17-18-19-20-21-22-23-24-25-26-27-28-29-45-31-34(47-33(2)41)32-46-39-38(44)37(43)36(42)35(30-40)48-39/h4-5,7-8,10-11,13-14,16-17,34-40,42-44H,3,6,9,12,15,18-32H2,1-2H3/b5-4-,8-7-,11-10-,14-13-,17-16-. The van der Waals surface area contributed by atoms with Gasteiger partial charge in [-0.1, -0.05) is 119 Å². The molecule has 48 heavy (non-hydrogen) atoms. The van der Waals surface area contributed by atoms with Crippen molar-refractivity contribution in [3.63, 3.8) is 0 Å². The molecule has 0 aromatic carbocycles. The number of ether oxygens (including phenoxy) is 4. The van der Waals surface area contributed by atoms with Gasteiger partial charge in [-0.3, -0.25) is 4.79 Å². The summed E-state index contributed by atoms with van der Waals surface area (Å²) in [5.41, 5.74) is 0. The third-order valence-electron chi connectivity index (χ3n) is 8.00. The summed E-state index contributed by atoms with van der Waals surface area (Å²) in [7, 11) is 0. The van der Waals surface area contributed by atoms with E-state index < -0.39 is 49.4 Å². The molecule has 1 rings (SSSR count). The lowest BCUT2D eigenvalue weighted by molar-refractivity contribution is -0.305. The van der Waals surface area contributed by atoms with Gasteiger partial charge < -0.3 is 39.4 Å². The first-order chi connectivity index (χ1) is 23.4. The summed E-state index contributed by atoms with van der Waals surface area (Å²) in [4.78, 5) is 11.5. The molecule has 1 saturated heterocycles. The molecule has 0 saturated carbocycles. The molecular weight excluding hydrogens is 612 g/mol. The molecular formula is C39H66O9. The molecule has 4 N–H and O–H groups in total. The lowest BCUT2D eigenvalue weighted by Crippen LogP contribution is -2.59. The van der Waals surface area contributed by atoms with Gasteiger partial charge >= 0.3 is 5.97 Å². The van der Waals surface area contributed by atoms with Crippen LogP contribution in [0.1, 0.15) is 117 Å². The second-order valence-corrected chi connectivity index (χ2v) is 12.4. The molecule has 6 atom stereocenters. The minimum absolute atomic E-state index is 0.123. The molecule has 9 heteroatoms. The molecule has 1 fully saturated rings. The number of hydrogen-bond acceptors (Lipinski definition) is 9. The second kappa shape index (κ2) is 30.9. The zero-order chi connectivity index (χ0) is 35.1. The van der Waals surface area contributed by atoms with Crippen molar-refractivity contribution in [2.24, 2.45) is 0 Å². The van der Waals surface area contributed by atoms with Crippen LogP contribution in [0.4, 0.5) is 0 Å². The van der Waals surface area contributed by atoms with E-state index in [1.807, 2.05) is 0 Å². The van der Waals surface area contributed by atoms with Gasteiger partial charge in [0, 0.05) is 13.5 Å². The van der Waals surface area contributed by atoms with Crippen LogP contribution in [0.15, 0.2) is 60.8 Å². The molecule has 0 radical (unpaired) electrons. The highest BCUT2D eigenvalue weighted by molar-refractivity contribution is 5.66. The highest BCUT2D eigenvalue weighted by Gasteiger charge is 2.44. The molecule has 0 aliphatic carbocycles. The van der Waals surface area contributed by atoms with E-state index in [9.17, 15) is 25.2 Å². The Labute approximate surface area is 290 Å². The summed E-state index contributed by atoms with van der Waals surface area (Å²) in [6.07, 6.45) is 33.3. The Morgan fingerprint density at radius 2 is 1.17 bits per heavy atom. The summed E-state index contributed by atoms with van der Waals surface area (Å²) in [5.74, 6) is -0.494. The molecule has 0 aromatic rings. The molecule has 0 amide bonds. The van der Waals surface area contributed by atoms with Crippen molar-refractivity contribution >= 4 is 5.97 Å². The van der Waals surface area contributed by atoms with Crippen LogP contribution in [0.25, 0.3) is 0 Å². The number of allylic oxidation sites excluding steroid dienone is 10. The molecule has 1 aliphatic heterocycles. The van der Waals surface area contributed by atoms with Crippen LogP contribution in [0.5, 0.6) is 0 Å². The van der Waals surface area contributed by atoms with Gasteiger partial charge in [0.15, 0.2) is 6.29 Å². The van der Waals surface area contributed by atoms with Crippen LogP contribution in [-0.2, 0) is 23.7 Å². The number of rotatable bonds is 29. The van der Waals surface area contributed by atoms with Gasteiger partial charge in [0.1, 0.15) is 30.5 Å². The van der Waals surface area contributed by atoms with Crippen molar-refractivity contribution in [1.29, 1.82) is 0 Å². The average Bonchev–Trinajstić information content (AvgIpc) is 3.07. The van der Waals surface area contributed by atoms with E-state index in [4.69, 9.17) is 18.9 Å². The van der Waals surface area contributed by atoms with Gasteiger partial charge in [0.05, 0.1) is 19.8 Å². The van der Waals surface area contributed by atoms with Crippen molar-refractivity contribution in [2.75, 3.05) is 26.4 Å². The molecule has 0 bridgehead atoms. The van der Waals surface area contributed by atoms with E-state index in [-0.39, 0.29) is 13.2 Å². The third kappa shape index (κ3) is 23.3. The Morgan fingerprint density at radius 3 is 1.69 bits per heavy atom. The van der Waals surface area contributed by atoms with E-state index in [2.05, 4.69) is 67.7 Å². The molecule has 276 valence electrons. The largest absolute Gasteiger partial charge is 0.458 e. The van der Waals surface area contributed by atoms with Gasteiger partial charge in [-0.15, -0.1) is 0 Å². The first-order valence-electron chi connectivity index (χ1n) is 18.3. The average molecular weight is 679 g/mol. The van der Waals surface area contributed by atoms with E-state index >= 15 is 0 Å². The molecule has 1 heterocycles. The zero-order valence-corrected chi connectivity index (χ0v) is 29.7. The summed E-state index contributed by atoms with van der Waals surface area (Å²) < 4.78 is 21.8. The topological polar surface area (TPSA) is 135 Å². The van der Waals surface area contributed by atoms with Crippen LogP contribution >= 0.6 is 0 Å². The first kappa shape index (κ1) is 43.9. The van der Waals surface area contributed by atoms with Crippen LogP contribution < -0.4 is 0 Å². The normalized spacial score (nSPS) is 22.7. The van der Waals surface area contributed by atoms with Crippen molar-refractivity contribution in [3.8, 4) is 0 Å². The number of carbonyl (C=O) groups is 1.